The molecule has 0 spiro atoms. The van der Waals surface area contributed by atoms with E-state index in [1.165, 1.54) is 0 Å². The predicted octanol–water partition coefficient (Wildman–Crippen LogP) is 2.68. The summed E-state index contributed by atoms with van der Waals surface area (Å²) in [5.74, 6) is -0.0607. The summed E-state index contributed by atoms with van der Waals surface area (Å²) in [5, 5.41) is 11.6. The standard InChI is InChI=1S/C18H21N5O6/c1-2-27-18(24)22-11-12-6-5-7-13(10-12)28-8-3-4-9-29-17-20-15(19)14(23(25)26)16(22)21-17/h5-7,10H,2-4,8-9,11H2,1H3,(H2,19,20,21). The molecule has 2 N–H and O–H groups in total. The van der Waals surface area contributed by atoms with Crippen molar-refractivity contribution in [3.8, 4) is 11.8 Å². The molecule has 0 saturated heterocycles. The molecule has 0 atom stereocenters. The summed E-state index contributed by atoms with van der Waals surface area (Å²) < 4.78 is 16.3. The number of carbonyl (C=O) groups excluding carboxylic acids is 1. The van der Waals surface area contributed by atoms with Crippen molar-refractivity contribution in [3.05, 3.63) is 39.9 Å². The Bertz CT molecular complexity index is 906. The Labute approximate surface area is 166 Å². The largest absolute Gasteiger partial charge is 0.494 e. The lowest BCUT2D eigenvalue weighted by Gasteiger charge is -2.22. The first kappa shape index (κ1) is 20.1. The van der Waals surface area contributed by atoms with Crippen LogP contribution in [0.3, 0.4) is 0 Å². The average molecular weight is 403 g/mol. The maximum absolute atomic E-state index is 12.6. The van der Waals surface area contributed by atoms with Gasteiger partial charge < -0.3 is 19.9 Å². The smallest absolute Gasteiger partial charge is 0.415 e. The minimum atomic E-state index is -0.807. The summed E-state index contributed by atoms with van der Waals surface area (Å²) in [6, 6.07) is 6.94. The Hall–Kier alpha value is -3.63. The third-order valence-corrected chi connectivity index (χ3v) is 4.08. The number of aromatic nitrogens is 2. The molecule has 1 aromatic heterocycles. The van der Waals surface area contributed by atoms with Gasteiger partial charge in [0.25, 0.3) is 0 Å². The Balaban J connectivity index is 2.13. The molecule has 4 bridgehead atoms. The van der Waals surface area contributed by atoms with Crippen LogP contribution in [0.25, 0.3) is 0 Å². The van der Waals surface area contributed by atoms with Crippen LogP contribution in [-0.4, -0.2) is 40.8 Å². The fraction of sp³-hybridized carbons (Fsp3) is 0.389. The van der Waals surface area contributed by atoms with E-state index in [1.807, 2.05) is 0 Å². The SMILES string of the molecule is CCOC(=O)N1Cc2cccc(c2)OCCCCOc2nc(N)c([N+](=O)[O-])c1n2. The zero-order chi connectivity index (χ0) is 20.8. The number of nitrogens with two attached hydrogens (primary N) is 1. The second kappa shape index (κ2) is 9.04. The fourth-order valence-electron chi connectivity index (χ4n) is 2.77. The number of hydrogen-bond donors (Lipinski definition) is 1. The number of rotatable bonds is 2. The molecule has 0 unspecified atom stereocenters. The van der Waals surface area contributed by atoms with Gasteiger partial charge in [-0.3, -0.25) is 15.0 Å². The monoisotopic (exact) mass is 403 g/mol. The summed E-state index contributed by atoms with van der Waals surface area (Å²) in [4.78, 5) is 32.5. The zero-order valence-electron chi connectivity index (χ0n) is 15.9. The summed E-state index contributed by atoms with van der Waals surface area (Å²) in [6.07, 6.45) is 0.573. The Morgan fingerprint density at radius 3 is 2.79 bits per heavy atom. The average Bonchev–Trinajstić information content (AvgIpc) is 2.68. The number of ether oxygens (including phenoxy) is 3. The second-order valence-corrected chi connectivity index (χ2v) is 6.16. The summed E-state index contributed by atoms with van der Waals surface area (Å²) >= 11 is 0. The molecule has 11 heteroatoms. The van der Waals surface area contributed by atoms with Crippen molar-refractivity contribution in [1.82, 2.24) is 9.97 Å². The molecule has 2 heterocycles. The Morgan fingerprint density at radius 2 is 2.07 bits per heavy atom. The van der Waals surface area contributed by atoms with Gasteiger partial charge in [-0.15, -0.1) is 0 Å². The first-order valence-corrected chi connectivity index (χ1v) is 9.10. The number of fused-ring (bicyclic) bond motifs is 4. The molecule has 154 valence electrons. The van der Waals surface area contributed by atoms with Gasteiger partial charge >= 0.3 is 17.8 Å². The summed E-state index contributed by atoms with van der Waals surface area (Å²) in [5.41, 5.74) is 5.87. The fourth-order valence-corrected chi connectivity index (χ4v) is 2.77. The zero-order valence-corrected chi connectivity index (χ0v) is 15.9. The van der Waals surface area contributed by atoms with E-state index < -0.39 is 22.5 Å². The maximum atomic E-state index is 12.6. The second-order valence-electron chi connectivity index (χ2n) is 6.16. The van der Waals surface area contributed by atoms with Crippen LogP contribution in [-0.2, 0) is 11.3 Å². The lowest BCUT2D eigenvalue weighted by molar-refractivity contribution is -0.383. The van der Waals surface area contributed by atoms with Crippen molar-refractivity contribution in [2.75, 3.05) is 30.5 Å². The molecule has 0 fully saturated rings. The van der Waals surface area contributed by atoms with E-state index in [4.69, 9.17) is 19.9 Å². The van der Waals surface area contributed by atoms with Crippen LogP contribution < -0.4 is 20.1 Å². The van der Waals surface area contributed by atoms with Gasteiger partial charge in [0.2, 0.25) is 11.6 Å². The Kier molecular flexibility index (Phi) is 6.27. The highest BCUT2D eigenvalue weighted by molar-refractivity contribution is 5.90. The van der Waals surface area contributed by atoms with Crippen molar-refractivity contribution in [2.45, 2.75) is 26.3 Å². The molecular formula is C18H21N5O6. The van der Waals surface area contributed by atoms with Crippen molar-refractivity contribution in [1.29, 1.82) is 0 Å². The van der Waals surface area contributed by atoms with Crippen molar-refractivity contribution in [3.63, 3.8) is 0 Å². The highest BCUT2D eigenvalue weighted by Crippen LogP contribution is 2.34. The van der Waals surface area contributed by atoms with E-state index in [0.29, 0.717) is 24.3 Å². The minimum absolute atomic E-state index is 0.0488. The number of amides is 1. The van der Waals surface area contributed by atoms with Crippen LogP contribution in [0.15, 0.2) is 24.3 Å². The molecule has 1 aromatic carbocycles. The molecule has 1 amide bonds. The van der Waals surface area contributed by atoms with E-state index in [9.17, 15) is 14.9 Å². The first-order chi connectivity index (χ1) is 14.0. The van der Waals surface area contributed by atoms with Crippen LogP contribution in [0.1, 0.15) is 25.3 Å². The van der Waals surface area contributed by atoms with E-state index in [1.54, 1.807) is 31.2 Å². The van der Waals surface area contributed by atoms with Gasteiger partial charge in [0.15, 0.2) is 0 Å². The van der Waals surface area contributed by atoms with Gasteiger partial charge in [-0.1, -0.05) is 12.1 Å². The van der Waals surface area contributed by atoms with Gasteiger partial charge in [0.1, 0.15) is 5.75 Å². The van der Waals surface area contributed by atoms with Gasteiger partial charge in [0.05, 0.1) is 31.3 Å². The van der Waals surface area contributed by atoms with E-state index >= 15 is 0 Å². The molecule has 1 aliphatic heterocycles. The van der Waals surface area contributed by atoms with E-state index in [2.05, 4.69) is 9.97 Å². The van der Waals surface area contributed by atoms with Crippen LogP contribution in [0.5, 0.6) is 11.8 Å². The first-order valence-electron chi connectivity index (χ1n) is 9.10. The molecule has 2 aromatic rings. The van der Waals surface area contributed by atoms with E-state index in [0.717, 1.165) is 11.3 Å². The quantitative estimate of drug-likeness (QED) is 0.591. The molecular weight excluding hydrogens is 382 g/mol. The van der Waals surface area contributed by atoms with Gasteiger partial charge in [-0.25, -0.2) is 4.79 Å². The highest BCUT2D eigenvalue weighted by atomic mass is 16.6. The van der Waals surface area contributed by atoms with Gasteiger partial charge in [-0.2, -0.15) is 9.97 Å². The van der Waals surface area contributed by atoms with Crippen LogP contribution in [0.2, 0.25) is 0 Å². The number of nitrogens with zero attached hydrogens (tertiary/aromatic N) is 4. The molecule has 0 aliphatic carbocycles. The van der Waals surface area contributed by atoms with Crippen LogP contribution in [0.4, 0.5) is 22.1 Å². The van der Waals surface area contributed by atoms with Gasteiger partial charge in [-0.05, 0) is 37.5 Å². The Morgan fingerprint density at radius 1 is 1.31 bits per heavy atom. The maximum Gasteiger partial charge on any atom is 0.415 e. The molecule has 29 heavy (non-hydrogen) atoms. The van der Waals surface area contributed by atoms with Gasteiger partial charge in [0, 0.05) is 0 Å². The predicted molar refractivity (Wildman–Crippen MR) is 103 cm³/mol. The lowest BCUT2D eigenvalue weighted by atomic mass is 10.2. The normalized spacial score (nSPS) is 14.2. The van der Waals surface area contributed by atoms with Crippen LogP contribution >= 0.6 is 0 Å². The van der Waals surface area contributed by atoms with Crippen molar-refractivity contribution in [2.24, 2.45) is 0 Å². The third kappa shape index (κ3) is 4.81. The number of hydrogen-bond acceptors (Lipinski definition) is 9. The minimum Gasteiger partial charge on any atom is -0.494 e. The molecule has 1 aliphatic rings. The number of nitrogen functional groups attached to an aromatic ring is 1. The van der Waals surface area contributed by atoms with Crippen LogP contribution in [0, 0.1) is 10.1 Å². The number of benzene rings is 1. The number of carbonyl (C=O) groups is 1. The van der Waals surface area contributed by atoms with Crippen molar-refractivity contribution < 1.29 is 23.9 Å². The topological polar surface area (TPSA) is 143 Å². The highest BCUT2D eigenvalue weighted by Gasteiger charge is 2.32. The molecule has 11 nitrogen and oxygen atoms in total. The molecule has 0 saturated carbocycles. The number of anilines is 2. The van der Waals surface area contributed by atoms with Crippen molar-refractivity contribution >= 4 is 23.4 Å². The summed E-state index contributed by atoms with van der Waals surface area (Å²) in [7, 11) is 0. The number of nitro groups is 1. The third-order valence-electron chi connectivity index (χ3n) is 4.08. The molecule has 0 radical (unpaired) electrons. The lowest BCUT2D eigenvalue weighted by Crippen LogP contribution is -2.33. The molecule has 3 rings (SSSR count). The summed E-state index contributed by atoms with van der Waals surface area (Å²) in [6.45, 7) is 2.42. The van der Waals surface area contributed by atoms with E-state index in [-0.39, 0.29) is 31.6 Å².